The van der Waals surface area contributed by atoms with Gasteiger partial charge in [0.05, 0.1) is 19.8 Å². The molecule has 0 bridgehead atoms. The summed E-state index contributed by atoms with van der Waals surface area (Å²) in [7, 11) is 0. The van der Waals surface area contributed by atoms with Crippen molar-refractivity contribution in [2.24, 2.45) is 0 Å². The summed E-state index contributed by atoms with van der Waals surface area (Å²) in [6.07, 6.45) is 16.3. The summed E-state index contributed by atoms with van der Waals surface area (Å²) < 4.78 is 10.6. The number of hydrogen-bond acceptors (Lipinski definition) is 5. The Hall–Kier alpha value is -0.460. The van der Waals surface area contributed by atoms with Gasteiger partial charge in [0.25, 0.3) is 0 Å². The Kier molecular flexibility index (Phi) is 15.0. The second-order valence-corrected chi connectivity index (χ2v) is 7.73. The fourth-order valence-electron chi connectivity index (χ4n) is 3.40. The molecule has 0 aliphatic carbocycles. The van der Waals surface area contributed by atoms with E-state index in [1.54, 1.807) is 0 Å². The molecule has 0 radical (unpaired) electrons. The number of ether oxygens (including phenoxy) is 2. The summed E-state index contributed by atoms with van der Waals surface area (Å²) in [5.41, 5.74) is 0. The maximum Gasteiger partial charge on any atom is 0.114 e. The molecule has 5 heteroatoms. The van der Waals surface area contributed by atoms with Crippen LogP contribution in [0.3, 0.4) is 0 Å². The van der Waals surface area contributed by atoms with Crippen LogP contribution in [-0.4, -0.2) is 59.6 Å². The molecule has 1 aliphatic rings. The number of aliphatic hydroxyl groups is 3. The van der Waals surface area contributed by atoms with Crippen molar-refractivity contribution in [2.45, 2.75) is 108 Å². The second-order valence-electron chi connectivity index (χ2n) is 7.73. The third-order valence-electron chi connectivity index (χ3n) is 5.18. The standard InChI is InChI=1S/C22H42O5/c1-2-3-4-5-6-7-8-9-10-11-12-13-14-15-16-26-17-20(24)22-21(25)19(23)18-27-22/h13-14,19-25H,2-12,15-18H2,1H3/b14-13+/t19-,20+,21-,22-/m0/s1. The van der Waals surface area contributed by atoms with Crippen LogP contribution in [-0.2, 0) is 9.47 Å². The van der Waals surface area contributed by atoms with Gasteiger partial charge in [0.15, 0.2) is 0 Å². The molecular weight excluding hydrogens is 344 g/mol. The average molecular weight is 387 g/mol. The largest absolute Gasteiger partial charge is 0.388 e. The van der Waals surface area contributed by atoms with E-state index in [0.29, 0.717) is 6.61 Å². The van der Waals surface area contributed by atoms with Crippen LogP contribution >= 0.6 is 0 Å². The molecule has 1 saturated heterocycles. The highest BCUT2D eigenvalue weighted by atomic mass is 16.5. The van der Waals surface area contributed by atoms with Gasteiger partial charge < -0.3 is 24.8 Å². The summed E-state index contributed by atoms with van der Waals surface area (Å²) in [6.45, 7) is 2.97. The Bertz CT molecular complexity index is 361. The minimum Gasteiger partial charge on any atom is -0.388 e. The van der Waals surface area contributed by atoms with Gasteiger partial charge in [-0.05, 0) is 19.3 Å². The summed E-state index contributed by atoms with van der Waals surface area (Å²) in [4.78, 5) is 0. The SMILES string of the molecule is CCCCCCCCCCCC/C=C/CCOC[C@@H](O)[C@@H]1OC[C@H](O)[C@@H]1O. The van der Waals surface area contributed by atoms with Crippen LogP contribution < -0.4 is 0 Å². The lowest BCUT2D eigenvalue weighted by atomic mass is 10.1. The summed E-state index contributed by atoms with van der Waals surface area (Å²) in [5.74, 6) is 0. The number of rotatable bonds is 17. The molecule has 0 aromatic carbocycles. The molecule has 0 aromatic rings. The Morgan fingerprint density at radius 1 is 0.926 bits per heavy atom. The first-order chi connectivity index (χ1) is 13.2. The first kappa shape index (κ1) is 24.6. The molecule has 0 amide bonds. The fraction of sp³-hybridized carbons (Fsp3) is 0.909. The quantitative estimate of drug-likeness (QED) is 0.262. The van der Waals surface area contributed by atoms with Crippen molar-refractivity contribution in [2.75, 3.05) is 19.8 Å². The fourth-order valence-corrected chi connectivity index (χ4v) is 3.40. The molecule has 0 aromatic heterocycles. The van der Waals surface area contributed by atoms with Crippen LogP contribution in [0.5, 0.6) is 0 Å². The maximum atomic E-state index is 9.91. The number of unbranched alkanes of at least 4 members (excludes halogenated alkanes) is 10. The first-order valence-corrected chi connectivity index (χ1v) is 11.0. The summed E-state index contributed by atoms with van der Waals surface area (Å²) in [6, 6.07) is 0. The number of aliphatic hydroxyl groups excluding tert-OH is 3. The smallest absolute Gasteiger partial charge is 0.114 e. The molecule has 4 atom stereocenters. The van der Waals surface area contributed by atoms with E-state index in [4.69, 9.17) is 9.47 Å². The molecule has 0 unspecified atom stereocenters. The second kappa shape index (κ2) is 16.5. The molecule has 1 fully saturated rings. The summed E-state index contributed by atoms with van der Waals surface area (Å²) >= 11 is 0. The molecule has 5 nitrogen and oxygen atoms in total. The Labute approximate surface area is 165 Å². The zero-order valence-electron chi connectivity index (χ0n) is 17.2. The molecule has 1 heterocycles. The molecule has 0 spiro atoms. The van der Waals surface area contributed by atoms with Crippen molar-refractivity contribution in [3.63, 3.8) is 0 Å². The lowest BCUT2D eigenvalue weighted by molar-refractivity contribution is -0.0806. The predicted octanol–water partition coefficient (Wildman–Crippen LogP) is 3.74. The van der Waals surface area contributed by atoms with E-state index in [9.17, 15) is 15.3 Å². The van der Waals surface area contributed by atoms with Gasteiger partial charge in [-0.3, -0.25) is 0 Å². The van der Waals surface area contributed by atoms with Gasteiger partial charge >= 0.3 is 0 Å². The van der Waals surface area contributed by atoms with Gasteiger partial charge in [0.2, 0.25) is 0 Å². The molecule has 3 N–H and O–H groups in total. The van der Waals surface area contributed by atoms with E-state index in [-0.39, 0.29) is 13.2 Å². The third-order valence-corrected chi connectivity index (χ3v) is 5.18. The van der Waals surface area contributed by atoms with Crippen LogP contribution in [0.25, 0.3) is 0 Å². The Morgan fingerprint density at radius 3 is 2.11 bits per heavy atom. The van der Waals surface area contributed by atoms with Crippen LogP contribution in [0.2, 0.25) is 0 Å². The van der Waals surface area contributed by atoms with Crippen LogP contribution in [0.1, 0.15) is 84.0 Å². The van der Waals surface area contributed by atoms with Gasteiger partial charge in [-0.15, -0.1) is 0 Å². The van der Waals surface area contributed by atoms with Gasteiger partial charge in [-0.1, -0.05) is 76.9 Å². The van der Waals surface area contributed by atoms with Crippen LogP contribution in [0, 0.1) is 0 Å². The third kappa shape index (κ3) is 11.9. The van der Waals surface area contributed by atoms with E-state index in [0.717, 1.165) is 12.8 Å². The zero-order chi connectivity index (χ0) is 19.7. The molecule has 1 rings (SSSR count). The normalized spacial score (nSPS) is 24.1. The highest BCUT2D eigenvalue weighted by molar-refractivity contribution is 4.88. The summed E-state index contributed by atoms with van der Waals surface area (Å²) in [5, 5.41) is 29.0. The Morgan fingerprint density at radius 2 is 1.52 bits per heavy atom. The van der Waals surface area contributed by atoms with E-state index < -0.39 is 24.4 Å². The molecule has 160 valence electrons. The van der Waals surface area contributed by atoms with E-state index in [1.807, 2.05) is 0 Å². The van der Waals surface area contributed by atoms with Gasteiger partial charge in [-0.2, -0.15) is 0 Å². The Balaban J connectivity index is 1.83. The van der Waals surface area contributed by atoms with Crippen molar-refractivity contribution in [3.05, 3.63) is 12.2 Å². The lowest BCUT2D eigenvalue weighted by Crippen LogP contribution is -2.40. The van der Waals surface area contributed by atoms with Crippen molar-refractivity contribution >= 4 is 0 Å². The zero-order valence-corrected chi connectivity index (χ0v) is 17.2. The van der Waals surface area contributed by atoms with Gasteiger partial charge in [0, 0.05) is 0 Å². The van der Waals surface area contributed by atoms with Gasteiger partial charge in [0.1, 0.15) is 24.4 Å². The highest BCUT2D eigenvalue weighted by Crippen LogP contribution is 2.17. The van der Waals surface area contributed by atoms with Crippen molar-refractivity contribution < 1.29 is 24.8 Å². The van der Waals surface area contributed by atoms with Crippen LogP contribution in [0.4, 0.5) is 0 Å². The predicted molar refractivity (Wildman–Crippen MR) is 109 cm³/mol. The van der Waals surface area contributed by atoms with Crippen molar-refractivity contribution in [3.8, 4) is 0 Å². The monoisotopic (exact) mass is 386 g/mol. The molecular formula is C22H42O5. The molecule has 0 saturated carbocycles. The lowest BCUT2D eigenvalue weighted by Gasteiger charge is -2.20. The minimum absolute atomic E-state index is 0.0601. The number of hydrogen-bond donors (Lipinski definition) is 3. The minimum atomic E-state index is -1.04. The first-order valence-electron chi connectivity index (χ1n) is 11.0. The van der Waals surface area contributed by atoms with E-state index >= 15 is 0 Å². The van der Waals surface area contributed by atoms with Crippen molar-refractivity contribution in [1.82, 2.24) is 0 Å². The van der Waals surface area contributed by atoms with E-state index in [1.165, 1.54) is 64.2 Å². The van der Waals surface area contributed by atoms with Crippen molar-refractivity contribution in [1.29, 1.82) is 0 Å². The van der Waals surface area contributed by atoms with Crippen LogP contribution in [0.15, 0.2) is 12.2 Å². The maximum absolute atomic E-state index is 9.91. The topological polar surface area (TPSA) is 79.2 Å². The highest BCUT2D eigenvalue weighted by Gasteiger charge is 2.39. The molecule has 1 aliphatic heterocycles. The van der Waals surface area contributed by atoms with Gasteiger partial charge in [-0.25, -0.2) is 0 Å². The average Bonchev–Trinajstić information content (AvgIpc) is 3.00. The van der Waals surface area contributed by atoms with E-state index in [2.05, 4.69) is 19.1 Å². The number of allylic oxidation sites excluding steroid dienone is 1. The molecule has 27 heavy (non-hydrogen) atoms.